The van der Waals surface area contributed by atoms with Gasteiger partial charge >= 0.3 is 0 Å². The van der Waals surface area contributed by atoms with Crippen LogP contribution in [0.15, 0.2) is 0 Å². The molecule has 1 rings (SSSR count). The molecule has 0 bridgehead atoms. The van der Waals surface area contributed by atoms with Crippen LogP contribution in [0.4, 0.5) is 0 Å². The molecule has 90 valence electrons. The Morgan fingerprint density at radius 1 is 1.47 bits per heavy atom. The number of nitrogens with two attached hydrogens (primary N) is 1. The van der Waals surface area contributed by atoms with Crippen molar-refractivity contribution in [3.05, 3.63) is 0 Å². The van der Waals surface area contributed by atoms with Crippen LogP contribution in [0, 0.1) is 5.92 Å². The molecular formula is C10H21NO3S. The third kappa shape index (κ3) is 4.49. The summed E-state index contributed by atoms with van der Waals surface area (Å²) in [6.45, 7) is 3.11. The van der Waals surface area contributed by atoms with E-state index in [1.54, 1.807) is 6.92 Å². The fraction of sp³-hybridized carbons (Fsp3) is 1.00. The van der Waals surface area contributed by atoms with Gasteiger partial charge in [-0.3, -0.25) is 0 Å². The molecule has 0 aromatic heterocycles. The molecule has 1 saturated heterocycles. The monoisotopic (exact) mass is 235 g/mol. The molecule has 0 radical (unpaired) electrons. The molecule has 0 amide bonds. The van der Waals surface area contributed by atoms with Crippen molar-refractivity contribution in [1.29, 1.82) is 0 Å². The van der Waals surface area contributed by atoms with Gasteiger partial charge in [-0.05, 0) is 25.2 Å². The molecule has 15 heavy (non-hydrogen) atoms. The SMILES string of the molecule is CCS(=O)(=O)CCCC1COCCC1N. The molecule has 4 nitrogen and oxygen atoms in total. The van der Waals surface area contributed by atoms with Gasteiger partial charge < -0.3 is 10.5 Å². The highest BCUT2D eigenvalue weighted by Crippen LogP contribution is 2.18. The van der Waals surface area contributed by atoms with Crippen LogP contribution in [0.25, 0.3) is 0 Å². The smallest absolute Gasteiger partial charge is 0.150 e. The lowest BCUT2D eigenvalue weighted by Crippen LogP contribution is -2.38. The average molecular weight is 235 g/mol. The van der Waals surface area contributed by atoms with Gasteiger partial charge in [-0.1, -0.05) is 6.92 Å². The lowest BCUT2D eigenvalue weighted by Gasteiger charge is -2.28. The van der Waals surface area contributed by atoms with Crippen LogP contribution in [-0.2, 0) is 14.6 Å². The molecule has 0 saturated carbocycles. The van der Waals surface area contributed by atoms with E-state index in [-0.39, 0.29) is 17.5 Å². The Labute approximate surface area is 92.1 Å². The Morgan fingerprint density at radius 2 is 2.20 bits per heavy atom. The molecule has 0 aromatic rings. The first kappa shape index (κ1) is 12.9. The van der Waals surface area contributed by atoms with Crippen LogP contribution < -0.4 is 5.73 Å². The van der Waals surface area contributed by atoms with Gasteiger partial charge in [0.25, 0.3) is 0 Å². The maximum Gasteiger partial charge on any atom is 0.150 e. The van der Waals surface area contributed by atoms with Crippen LogP contribution in [0.5, 0.6) is 0 Å². The Kier molecular flexibility index (Phi) is 5.02. The van der Waals surface area contributed by atoms with E-state index < -0.39 is 9.84 Å². The number of hydrogen-bond donors (Lipinski definition) is 1. The lowest BCUT2D eigenvalue weighted by molar-refractivity contribution is 0.0386. The molecule has 1 aliphatic heterocycles. The highest BCUT2D eigenvalue weighted by atomic mass is 32.2. The standard InChI is InChI=1S/C10H21NO3S/c1-2-15(12,13)7-3-4-9-8-14-6-5-10(9)11/h9-10H,2-8,11H2,1H3. The van der Waals surface area contributed by atoms with Gasteiger partial charge in [-0.2, -0.15) is 0 Å². The van der Waals surface area contributed by atoms with Crippen molar-refractivity contribution in [3.63, 3.8) is 0 Å². The van der Waals surface area contributed by atoms with Gasteiger partial charge in [0, 0.05) is 18.4 Å². The Bertz CT molecular complexity index is 276. The van der Waals surface area contributed by atoms with Crippen LogP contribution in [0.3, 0.4) is 0 Å². The molecule has 1 aliphatic rings. The van der Waals surface area contributed by atoms with Crippen molar-refractivity contribution in [2.45, 2.75) is 32.2 Å². The maximum absolute atomic E-state index is 11.3. The number of hydrogen-bond acceptors (Lipinski definition) is 4. The summed E-state index contributed by atoms with van der Waals surface area (Å²) >= 11 is 0. The van der Waals surface area contributed by atoms with E-state index in [0.29, 0.717) is 18.9 Å². The minimum absolute atomic E-state index is 0.183. The van der Waals surface area contributed by atoms with Crippen LogP contribution in [0.2, 0.25) is 0 Å². The lowest BCUT2D eigenvalue weighted by atomic mass is 9.92. The topological polar surface area (TPSA) is 69.4 Å². The summed E-state index contributed by atoms with van der Waals surface area (Å²) in [6.07, 6.45) is 2.46. The highest BCUT2D eigenvalue weighted by Gasteiger charge is 2.22. The molecular weight excluding hydrogens is 214 g/mol. The average Bonchev–Trinajstić information content (AvgIpc) is 2.21. The van der Waals surface area contributed by atoms with Crippen molar-refractivity contribution < 1.29 is 13.2 Å². The molecule has 1 heterocycles. The summed E-state index contributed by atoms with van der Waals surface area (Å²) < 4.78 is 27.9. The second kappa shape index (κ2) is 5.82. The van der Waals surface area contributed by atoms with Gasteiger partial charge in [-0.25, -0.2) is 8.42 Å². The minimum Gasteiger partial charge on any atom is -0.381 e. The van der Waals surface area contributed by atoms with E-state index in [1.165, 1.54) is 0 Å². The molecule has 0 aromatic carbocycles. The summed E-state index contributed by atoms with van der Waals surface area (Å²) in [7, 11) is -2.82. The summed E-state index contributed by atoms with van der Waals surface area (Å²) in [6, 6.07) is 0.183. The van der Waals surface area contributed by atoms with E-state index in [1.807, 2.05) is 0 Å². The van der Waals surface area contributed by atoms with E-state index in [9.17, 15) is 8.42 Å². The Hall–Kier alpha value is -0.130. The Morgan fingerprint density at radius 3 is 2.80 bits per heavy atom. The third-order valence-corrected chi connectivity index (χ3v) is 4.79. The van der Waals surface area contributed by atoms with E-state index in [0.717, 1.165) is 19.4 Å². The second-order valence-electron chi connectivity index (χ2n) is 4.17. The van der Waals surface area contributed by atoms with Gasteiger partial charge in [0.1, 0.15) is 9.84 Å². The molecule has 2 N–H and O–H groups in total. The van der Waals surface area contributed by atoms with Crippen LogP contribution in [0.1, 0.15) is 26.2 Å². The van der Waals surface area contributed by atoms with Crippen molar-refractivity contribution in [2.24, 2.45) is 11.7 Å². The fourth-order valence-electron chi connectivity index (χ4n) is 1.82. The normalized spacial score (nSPS) is 27.9. The van der Waals surface area contributed by atoms with Gasteiger partial charge in [0.2, 0.25) is 0 Å². The van der Waals surface area contributed by atoms with Crippen molar-refractivity contribution in [2.75, 3.05) is 24.7 Å². The quantitative estimate of drug-likeness (QED) is 0.756. The second-order valence-corrected chi connectivity index (χ2v) is 6.64. The predicted molar refractivity (Wildman–Crippen MR) is 60.5 cm³/mol. The first-order valence-electron chi connectivity index (χ1n) is 5.59. The minimum atomic E-state index is -2.82. The van der Waals surface area contributed by atoms with Gasteiger partial charge in [0.15, 0.2) is 0 Å². The highest BCUT2D eigenvalue weighted by molar-refractivity contribution is 7.91. The van der Waals surface area contributed by atoms with Crippen LogP contribution in [-0.4, -0.2) is 39.2 Å². The van der Waals surface area contributed by atoms with Gasteiger partial charge in [-0.15, -0.1) is 0 Å². The van der Waals surface area contributed by atoms with E-state index in [4.69, 9.17) is 10.5 Å². The zero-order chi connectivity index (χ0) is 11.3. The van der Waals surface area contributed by atoms with E-state index in [2.05, 4.69) is 0 Å². The zero-order valence-corrected chi connectivity index (χ0v) is 10.1. The van der Waals surface area contributed by atoms with Crippen molar-refractivity contribution in [3.8, 4) is 0 Å². The largest absolute Gasteiger partial charge is 0.381 e. The molecule has 5 heteroatoms. The first-order chi connectivity index (χ1) is 7.05. The van der Waals surface area contributed by atoms with Crippen LogP contribution >= 0.6 is 0 Å². The maximum atomic E-state index is 11.3. The van der Waals surface area contributed by atoms with Crippen molar-refractivity contribution in [1.82, 2.24) is 0 Å². The third-order valence-electron chi connectivity index (χ3n) is 3.00. The molecule has 0 spiro atoms. The molecule has 0 aliphatic carbocycles. The number of rotatable bonds is 5. The number of sulfone groups is 1. The van der Waals surface area contributed by atoms with E-state index >= 15 is 0 Å². The zero-order valence-electron chi connectivity index (χ0n) is 9.31. The fourth-order valence-corrected chi connectivity index (χ4v) is 2.72. The molecule has 1 fully saturated rings. The molecule has 2 atom stereocenters. The summed E-state index contributed by atoms with van der Waals surface area (Å²) in [5.41, 5.74) is 5.93. The predicted octanol–water partition coefficient (Wildman–Crippen LogP) is 0.565. The number of ether oxygens (including phenoxy) is 1. The first-order valence-corrected chi connectivity index (χ1v) is 7.41. The van der Waals surface area contributed by atoms with Crippen molar-refractivity contribution >= 4 is 9.84 Å². The molecule has 2 unspecified atom stereocenters. The summed E-state index contributed by atoms with van der Waals surface area (Å²) in [5, 5.41) is 0. The summed E-state index contributed by atoms with van der Waals surface area (Å²) in [4.78, 5) is 0. The Balaban J connectivity index is 2.25. The summed E-state index contributed by atoms with van der Waals surface area (Å²) in [5.74, 6) is 0.859. The van der Waals surface area contributed by atoms with Gasteiger partial charge in [0.05, 0.1) is 12.4 Å².